The summed E-state index contributed by atoms with van der Waals surface area (Å²) in [5, 5.41) is 7.65. The third kappa shape index (κ3) is 3.69. The molecule has 1 saturated carbocycles. The lowest BCUT2D eigenvalue weighted by atomic mass is 9.88. The molecule has 1 fully saturated rings. The van der Waals surface area contributed by atoms with Crippen LogP contribution in [0, 0.1) is 17.8 Å². The van der Waals surface area contributed by atoms with Crippen molar-refractivity contribution in [3.63, 3.8) is 0 Å². The highest BCUT2D eigenvalue weighted by atomic mass is 16.5. The standard InChI is InChI=1S/C23H26N6O2/c1-12(2)31-16-5-3-4-15(11-16)26-23-28-21-17(8-9-25-21)22(29-23)27-19-14-7-6-13(10-14)18(19)20(24)30/h3-9,11-14,18-19H,10H2,1-2H3,(H2,24,30)(H3,25,26,27,28,29). The number of rotatable bonds is 7. The van der Waals surface area contributed by atoms with Crippen LogP contribution in [-0.4, -0.2) is 33.0 Å². The monoisotopic (exact) mass is 418 g/mol. The minimum atomic E-state index is -0.269. The van der Waals surface area contributed by atoms with Crippen LogP contribution in [0.5, 0.6) is 5.75 Å². The summed E-state index contributed by atoms with van der Waals surface area (Å²) in [7, 11) is 0. The van der Waals surface area contributed by atoms with Crippen molar-refractivity contribution in [2.75, 3.05) is 10.6 Å². The number of ether oxygens (including phenoxy) is 1. The van der Waals surface area contributed by atoms with E-state index in [-0.39, 0.29) is 35.8 Å². The number of nitrogens with one attached hydrogen (secondary N) is 3. The lowest BCUT2D eigenvalue weighted by molar-refractivity contribution is -0.122. The number of aromatic nitrogens is 3. The third-order valence-corrected chi connectivity index (χ3v) is 5.97. The van der Waals surface area contributed by atoms with Gasteiger partial charge in [0.25, 0.3) is 0 Å². The van der Waals surface area contributed by atoms with E-state index in [9.17, 15) is 4.79 Å². The van der Waals surface area contributed by atoms with Gasteiger partial charge in [0, 0.05) is 24.0 Å². The molecule has 4 atom stereocenters. The molecular formula is C23H26N6O2. The number of aromatic amines is 1. The molecule has 5 rings (SSSR count). The van der Waals surface area contributed by atoms with Gasteiger partial charge in [-0.05, 0) is 50.3 Å². The zero-order valence-electron chi connectivity index (χ0n) is 17.5. The number of carbonyl (C=O) groups is 1. The van der Waals surface area contributed by atoms with Crippen molar-refractivity contribution >= 4 is 34.4 Å². The molecule has 2 aliphatic rings. The molecule has 4 unspecified atom stereocenters. The van der Waals surface area contributed by atoms with Crippen LogP contribution in [0.15, 0.2) is 48.7 Å². The van der Waals surface area contributed by atoms with E-state index < -0.39 is 0 Å². The summed E-state index contributed by atoms with van der Waals surface area (Å²) < 4.78 is 5.78. The van der Waals surface area contributed by atoms with Crippen LogP contribution >= 0.6 is 0 Å². The first-order valence-corrected chi connectivity index (χ1v) is 10.6. The van der Waals surface area contributed by atoms with Crippen molar-refractivity contribution < 1.29 is 9.53 Å². The van der Waals surface area contributed by atoms with Gasteiger partial charge in [0.15, 0.2) is 0 Å². The molecule has 2 aromatic heterocycles. The minimum absolute atomic E-state index is 0.0730. The molecule has 2 heterocycles. The predicted molar refractivity (Wildman–Crippen MR) is 120 cm³/mol. The number of H-pyrrole nitrogens is 1. The first-order valence-electron chi connectivity index (χ1n) is 10.6. The molecule has 8 nitrogen and oxygen atoms in total. The van der Waals surface area contributed by atoms with Gasteiger partial charge in [-0.2, -0.15) is 9.97 Å². The van der Waals surface area contributed by atoms with Gasteiger partial charge in [-0.1, -0.05) is 18.2 Å². The van der Waals surface area contributed by atoms with Crippen LogP contribution < -0.4 is 21.1 Å². The fraction of sp³-hybridized carbons (Fsp3) is 0.348. The van der Waals surface area contributed by atoms with E-state index in [0.717, 1.165) is 23.2 Å². The van der Waals surface area contributed by atoms with E-state index in [0.29, 0.717) is 17.4 Å². The smallest absolute Gasteiger partial charge is 0.231 e. The normalized spacial score (nSPS) is 24.1. The van der Waals surface area contributed by atoms with E-state index in [1.807, 2.05) is 50.4 Å². The zero-order chi connectivity index (χ0) is 21.5. The molecule has 0 aliphatic heterocycles. The number of nitrogens with two attached hydrogens (primary N) is 1. The maximum absolute atomic E-state index is 12.1. The van der Waals surface area contributed by atoms with Crippen LogP contribution in [0.3, 0.4) is 0 Å². The molecule has 5 N–H and O–H groups in total. The number of nitrogens with zero attached hydrogens (tertiary/aromatic N) is 2. The second kappa shape index (κ2) is 7.61. The fourth-order valence-electron chi connectivity index (χ4n) is 4.72. The number of primary amides is 1. The van der Waals surface area contributed by atoms with E-state index in [2.05, 4.69) is 32.8 Å². The quantitative estimate of drug-likeness (QED) is 0.436. The molecule has 3 aromatic rings. The number of carbonyl (C=O) groups excluding carboxylic acids is 1. The number of fused-ring (bicyclic) bond motifs is 3. The Balaban J connectivity index is 1.44. The summed E-state index contributed by atoms with van der Waals surface area (Å²) in [6, 6.07) is 9.55. The van der Waals surface area contributed by atoms with Crippen LogP contribution in [-0.2, 0) is 4.79 Å². The lowest BCUT2D eigenvalue weighted by Gasteiger charge is -2.27. The van der Waals surface area contributed by atoms with E-state index in [1.165, 1.54) is 0 Å². The molecule has 0 radical (unpaired) electrons. The number of hydrogen-bond acceptors (Lipinski definition) is 6. The number of amides is 1. The average Bonchev–Trinajstić information content (AvgIpc) is 3.43. The molecule has 0 saturated heterocycles. The van der Waals surface area contributed by atoms with Gasteiger partial charge in [0.05, 0.1) is 17.4 Å². The van der Waals surface area contributed by atoms with Crippen LogP contribution in [0.4, 0.5) is 17.5 Å². The first kappa shape index (κ1) is 19.4. The second-order valence-corrected chi connectivity index (χ2v) is 8.50. The van der Waals surface area contributed by atoms with Crippen molar-refractivity contribution in [2.24, 2.45) is 23.5 Å². The Hall–Kier alpha value is -3.55. The molecular weight excluding hydrogens is 392 g/mol. The second-order valence-electron chi connectivity index (χ2n) is 8.50. The summed E-state index contributed by atoms with van der Waals surface area (Å²) in [5.41, 5.74) is 7.26. The number of hydrogen-bond donors (Lipinski definition) is 4. The Kier molecular flexibility index (Phi) is 4.77. The van der Waals surface area contributed by atoms with Gasteiger partial charge < -0.3 is 26.1 Å². The lowest BCUT2D eigenvalue weighted by Crippen LogP contribution is -2.41. The number of allylic oxidation sites excluding steroid dienone is 1. The summed E-state index contributed by atoms with van der Waals surface area (Å²) >= 11 is 0. The number of benzene rings is 1. The Morgan fingerprint density at radius 2 is 2.06 bits per heavy atom. The van der Waals surface area contributed by atoms with E-state index in [1.54, 1.807) is 0 Å². The maximum atomic E-state index is 12.1. The third-order valence-electron chi connectivity index (χ3n) is 5.97. The molecule has 0 spiro atoms. The van der Waals surface area contributed by atoms with E-state index in [4.69, 9.17) is 15.5 Å². The minimum Gasteiger partial charge on any atom is -0.491 e. The highest BCUT2D eigenvalue weighted by Crippen LogP contribution is 2.45. The molecule has 2 bridgehead atoms. The maximum Gasteiger partial charge on any atom is 0.231 e. The Morgan fingerprint density at radius 1 is 1.23 bits per heavy atom. The predicted octanol–water partition coefficient (Wildman–Crippen LogP) is 3.58. The van der Waals surface area contributed by atoms with Gasteiger partial charge in [-0.25, -0.2) is 0 Å². The average molecular weight is 419 g/mol. The summed E-state index contributed by atoms with van der Waals surface area (Å²) in [6.45, 7) is 3.98. The van der Waals surface area contributed by atoms with Crippen molar-refractivity contribution in [1.29, 1.82) is 0 Å². The van der Waals surface area contributed by atoms with Crippen LogP contribution in [0.2, 0.25) is 0 Å². The first-order chi connectivity index (χ1) is 15.0. The van der Waals surface area contributed by atoms with E-state index >= 15 is 0 Å². The number of anilines is 3. The highest BCUT2D eigenvalue weighted by Gasteiger charge is 2.47. The van der Waals surface area contributed by atoms with Crippen molar-refractivity contribution in [1.82, 2.24) is 15.0 Å². The molecule has 2 aliphatic carbocycles. The Morgan fingerprint density at radius 3 is 2.87 bits per heavy atom. The van der Waals surface area contributed by atoms with Crippen molar-refractivity contribution in [3.8, 4) is 5.75 Å². The summed E-state index contributed by atoms with van der Waals surface area (Å²) in [5.74, 6) is 1.87. The molecule has 1 aromatic carbocycles. The molecule has 1 amide bonds. The molecule has 160 valence electrons. The summed E-state index contributed by atoms with van der Waals surface area (Å²) in [4.78, 5) is 24.6. The highest BCUT2D eigenvalue weighted by molar-refractivity contribution is 5.89. The molecule has 31 heavy (non-hydrogen) atoms. The Bertz CT molecular complexity index is 1150. The van der Waals surface area contributed by atoms with Crippen LogP contribution in [0.1, 0.15) is 20.3 Å². The van der Waals surface area contributed by atoms with Gasteiger partial charge in [-0.15, -0.1) is 0 Å². The molecule has 8 heteroatoms. The Labute approximate surface area is 180 Å². The largest absolute Gasteiger partial charge is 0.491 e. The van der Waals surface area contributed by atoms with Gasteiger partial charge in [0.2, 0.25) is 11.9 Å². The van der Waals surface area contributed by atoms with Crippen molar-refractivity contribution in [3.05, 3.63) is 48.7 Å². The van der Waals surface area contributed by atoms with Gasteiger partial charge in [0.1, 0.15) is 17.2 Å². The SMILES string of the molecule is CC(C)Oc1cccc(Nc2nc(NC3C4C=CC(C4)C3C(N)=O)c3cc[nH]c3n2)c1. The van der Waals surface area contributed by atoms with Crippen molar-refractivity contribution in [2.45, 2.75) is 32.4 Å². The summed E-state index contributed by atoms with van der Waals surface area (Å²) in [6.07, 6.45) is 7.16. The zero-order valence-corrected chi connectivity index (χ0v) is 17.5. The van der Waals surface area contributed by atoms with Crippen LogP contribution in [0.25, 0.3) is 11.0 Å². The van der Waals surface area contributed by atoms with Gasteiger partial charge in [-0.3, -0.25) is 4.79 Å². The topological polar surface area (TPSA) is 118 Å². The van der Waals surface area contributed by atoms with Gasteiger partial charge >= 0.3 is 0 Å². The fourth-order valence-corrected chi connectivity index (χ4v) is 4.72.